The van der Waals surface area contributed by atoms with Gasteiger partial charge in [0.05, 0.1) is 10.7 Å². The van der Waals surface area contributed by atoms with Crippen molar-refractivity contribution in [3.8, 4) is 0 Å². The van der Waals surface area contributed by atoms with Gasteiger partial charge in [-0.1, -0.05) is 11.6 Å². The van der Waals surface area contributed by atoms with Crippen LogP contribution < -0.4 is 11.1 Å². The fraction of sp³-hybridized carbons (Fsp3) is 0.417. The van der Waals surface area contributed by atoms with Gasteiger partial charge in [-0.2, -0.15) is 0 Å². The first-order chi connectivity index (χ1) is 8.19. The van der Waals surface area contributed by atoms with Crippen molar-refractivity contribution in [2.45, 2.75) is 32.2 Å². The van der Waals surface area contributed by atoms with Crippen molar-refractivity contribution < 1.29 is 13.6 Å². The van der Waals surface area contributed by atoms with Crippen molar-refractivity contribution in [2.24, 2.45) is 5.73 Å². The van der Waals surface area contributed by atoms with Gasteiger partial charge in [0, 0.05) is 18.0 Å². The molecule has 1 aromatic rings. The van der Waals surface area contributed by atoms with Crippen LogP contribution in [0.2, 0.25) is 5.02 Å². The minimum Gasteiger partial charge on any atom is -0.326 e. The molecular formula is C12H15ClF2N2O. The molecule has 1 aromatic carbocycles. The smallest absolute Gasteiger partial charge is 0.224 e. The number of carbonyl (C=O) groups excluding carboxylic acids is 1. The van der Waals surface area contributed by atoms with Crippen LogP contribution in [-0.4, -0.2) is 11.4 Å². The molecule has 0 aliphatic carbocycles. The summed E-state index contributed by atoms with van der Waals surface area (Å²) in [6.07, 6.45) is 0.579. The van der Waals surface area contributed by atoms with E-state index in [4.69, 9.17) is 17.3 Å². The van der Waals surface area contributed by atoms with E-state index in [2.05, 4.69) is 5.32 Å². The number of amides is 1. The molecule has 0 spiro atoms. The number of benzene rings is 1. The van der Waals surface area contributed by atoms with Crippen LogP contribution in [-0.2, 0) is 4.79 Å². The van der Waals surface area contributed by atoms with Crippen LogP contribution in [0.3, 0.4) is 0 Å². The summed E-state index contributed by atoms with van der Waals surface area (Å²) in [4.78, 5) is 11.6. The summed E-state index contributed by atoms with van der Waals surface area (Å²) < 4.78 is 26.2. The summed E-state index contributed by atoms with van der Waals surface area (Å²) >= 11 is 5.65. The Hall–Kier alpha value is -1.20. The highest BCUT2D eigenvalue weighted by atomic mass is 35.5. The Bertz CT molecular complexity index is 435. The fourth-order valence-corrected chi connectivity index (χ4v) is 1.54. The third kappa shape index (κ3) is 4.58. The van der Waals surface area contributed by atoms with Gasteiger partial charge in [0.2, 0.25) is 5.91 Å². The van der Waals surface area contributed by atoms with E-state index in [1.807, 2.05) is 0 Å². The lowest BCUT2D eigenvalue weighted by Crippen LogP contribution is -2.33. The summed E-state index contributed by atoms with van der Waals surface area (Å²) in [5.74, 6) is -2.11. The summed E-state index contributed by atoms with van der Waals surface area (Å²) in [5.41, 5.74) is 5.03. The van der Waals surface area contributed by atoms with Crippen molar-refractivity contribution in [3.05, 3.63) is 28.8 Å². The molecule has 0 aromatic heterocycles. The van der Waals surface area contributed by atoms with Crippen molar-refractivity contribution in [3.63, 3.8) is 0 Å². The Balaban J connectivity index is 2.71. The summed E-state index contributed by atoms with van der Waals surface area (Å²) in [7, 11) is 0. The van der Waals surface area contributed by atoms with E-state index >= 15 is 0 Å². The molecular weight excluding hydrogens is 262 g/mol. The lowest BCUT2D eigenvalue weighted by atomic mass is 10.00. The van der Waals surface area contributed by atoms with E-state index in [1.54, 1.807) is 13.8 Å². The van der Waals surface area contributed by atoms with Gasteiger partial charge >= 0.3 is 0 Å². The highest BCUT2D eigenvalue weighted by Crippen LogP contribution is 2.26. The summed E-state index contributed by atoms with van der Waals surface area (Å²) in [6.45, 7) is 3.57. The fourth-order valence-electron chi connectivity index (χ4n) is 1.30. The van der Waals surface area contributed by atoms with Crippen LogP contribution in [0.4, 0.5) is 14.5 Å². The topological polar surface area (TPSA) is 55.1 Å². The first kappa shape index (κ1) is 14.9. The van der Waals surface area contributed by atoms with E-state index in [0.717, 1.165) is 6.07 Å². The Kier molecular flexibility index (Phi) is 4.65. The van der Waals surface area contributed by atoms with Gasteiger partial charge in [0.15, 0.2) is 5.82 Å². The van der Waals surface area contributed by atoms with Gasteiger partial charge in [-0.15, -0.1) is 0 Å². The molecule has 3 N–H and O–H groups in total. The molecule has 0 aliphatic heterocycles. The molecule has 3 nitrogen and oxygen atoms in total. The zero-order chi connectivity index (χ0) is 13.9. The standard InChI is InChI=1S/C12H15ClF2N2O/c1-12(2,16)4-3-10(18)17-11-8(13)5-7(14)6-9(11)15/h5-6H,3-4,16H2,1-2H3,(H,17,18). The molecule has 1 rings (SSSR count). The molecule has 0 aliphatic rings. The predicted molar refractivity (Wildman–Crippen MR) is 67.5 cm³/mol. The monoisotopic (exact) mass is 276 g/mol. The van der Waals surface area contributed by atoms with E-state index in [9.17, 15) is 13.6 Å². The number of hydrogen-bond donors (Lipinski definition) is 2. The molecule has 0 fully saturated rings. The average molecular weight is 277 g/mol. The number of carbonyl (C=O) groups is 1. The number of anilines is 1. The molecule has 0 unspecified atom stereocenters. The molecule has 6 heteroatoms. The number of hydrogen-bond acceptors (Lipinski definition) is 2. The number of rotatable bonds is 4. The predicted octanol–water partition coefficient (Wildman–Crippen LogP) is 3.07. The summed E-state index contributed by atoms with van der Waals surface area (Å²) in [6, 6.07) is 1.60. The van der Waals surface area contributed by atoms with Crippen LogP contribution in [0.1, 0.15) is 26.7 Å². The molecule has 18 heavy (non-hydrogen) atoms. The average Bonchev–Trinajstić information content (AvgIpc) is 2.19. The summed E-state index contributed by atoms with van der Waals surface area (Å²) in [5, 5.41) is 2.14. The molecule has 0 saturated heterocycles. The van der Waals surface area contributed by atoms with Gasteiger partial charge < -0.3 is 11.1 Å². The van der Waals surface area contributed by atoms with Crippen LogP contribution in [0.25, 0.3) is 0 Å². The van der Waals surface area contributed by atoms with Gasteiger partial charge in [-0.3, -0.25) is 4.79 Å². The zero-order valence-corrected chi connectivity index (χ0v) is 10.9. The van der Waals surface area contributed by atoms with E-state index in [-0.39, 0.29) is 17.1 Å². The van der Waals surface area contributed by atoms with Crippen molar-refractivity contribution in [1.29, 1.82) is 0 Å². The quantitative estimate of drug-likeness (QED) is 0.888. The molecule has 100 valence electrons. The van der Waals surface area contributed by atoms with E-state index in [0.29, 0.717) is 12.5 Å². The largest absolute Gasteiger partial charge is 0.326 e. The van der Waals surface area contributed by atoms with Crippen molar-refractivity contribution in [2.75, 3.05) is 5.32 Å². The zero-order valence-electron chi connectivity index (χ0n) is 10.2. The molecule has 0 atom stereocenters. The number of halogens is 3. The van der Waals surface area contributed by atoms with Crippen LogP contribution in [0.5, 0.6) is 0 Å². The molecule has 0 radical (unpaired) electrons. The first-order valence-electron chi connectivity index (χ1n) is 5.42. The maximum absolute atomic E-state index is 13.4. The minimum absolute atomic E-state index is 0.136. The van der Waals surface area contributed by atoms with Crippen molar-refractivity contribution >= 4 is 23.2 Å². The second-order valence-corrected chi connectivity index (χ2v) is 5.19. The Morgan fingerprint density at radius 2 is 2.06 bits per heavy atom. The Morgan fingerprint density at radius 3 is 2.56 bits per heavy atom. The second kappa shape index (κ2) is 5.63. The van der Waals surface area contributed by atoms with Gasteiger partial charge in [-0.25, -0.2) is 8.78 Å². The Labute approximate surface area is 109 Å². The maximum atomic E-state index is 13.4. The minimum atomic E-state index is -0.902. The maximum Gasteiger partial charge on any atom is 0.224 e. The lowest BCUT2D eigenvalue weighted by Gasteiger charge is -2.17. The molecule has 0 heterocycles. The van der Waals surface area contributed by atoms with E-state index < -0.39 is 23.1 Å². The Morgan fingerprint density at radius 1 is 1.44 bits per heavy atom. The highest BCUT2D eigenvalue weighted by Gasteiger charge is 2.16. The molecule has 1 amide bonds. The van der Waals surface area contributed by atoms with Gasteiger partial charge in [-0.05, 0) is 26.3 Å². The van der Waals surface area contributed by atoms with E-state index in [1.165, 1.54) is 0 Å². The molecule has 0 saturated carbocycles. The lowest BCUT2D eigenvalue weighted by molar-refractivity contribution is -0.116. The van der Waals surface area contributed by atoms with Crippen LogP contribution in [0.15, 0.2) is 12.1 Å². The first-order valence-corrected chi connectivity index (χ1v) is 5.80. The number of nitrogens with two attached hydrogens (primary N) is 1. The second-order valence-electron chi connectivity index (χ2n) is 4.78. The SMILES string of the molecule is CC(C)(N)CCC(=O)Nc1c(F)cc(F)cc1Cl. The normalized spacial score (nSPS) is 11.4. The van der Waals surface area contributed by atoms with Crippen LogP contribution in [0, 0.1) is 11.6 Å². The number of nitrogens with one attached hydrogen (secondary N) is 1. The third-order valence-corrected chi connectivity index (χ3v) is 2.57. The van der Waals surface area contributed by atoms with Gasteiger partial charge in [0.1, 0.15) is 5.82 Å². The molecule has 0 bridgehead atoms. The van der Waals surface area contributed by atoms with Crippen LogP contribution >= 0.6 is 11.6 Å². The highest BCUT2D eigenvalue weighted by molar-refractivity contribution is 6.33. The third-order valence-electron chi connectivity index (χ3n) is 2.27. The van der Waals surface area contributed by atoms with Crippen molar-refractivity contribution in [1.82, 2.24) is 0 Å². The van der Waals surface area contributed by atoms with Gasteiger partial charge in [0.25, 0.3) is 0 Å².